The van der Waals surface area contributed by atoms with E-state index in [4.69, 9.17) is 26.8 Å². The summed E-state index contributed by atoms with van der Waals surface area (Å²) in [4.78, 5) is 23.0. The number of nitrogens with two attached hydrogens (primary N) is 1. The lowest BCUT2D eigenvalue weighted by Gasteiger charge is -2.25. The maximum absolute atomic E-state index is 11.7. The quantitative estimate of drug-likeness (QED) is 0.874. The maximum atomic E-state index is 11.7. The van der Waals surface area contributed by atoms with Crippen molar-refractivity contribution in [1.29, 1.82) is 0 Å². The molecule has 3 rings (SSSR count). The van der Waals surface area contributed by atoms with Crippen molar-refractivity contribution < 1.29 is 9.47 Å². The minimum atomic E-state index is -0.642. The molecule has 1 aliphatic rings. The molecule has 2 aromatic rings. The van der Waals surface area contributed by atoms with Crippen LogP contribution in [0.25, 0.3) is 11.1 Å². The lowest BCUT2D eigenvalue weighted by Crippen LogP contribution is -2.36. The second kappa shape index (κ2) is 5.50. The molecule has 0 saturated carbocycles. The molecule has 0 unspecified atom stereocenters. The first kappa shape index (κ1) is 14.1. The highest BCUT2D eigenvalue weighted by Crippen LogP contribution is 2.35. The van der Waals surface area contributed by atoms with Crippen LogP contribution in [-0.4, -0.2) is 19.3 Å². The highest BCUT2D eigenvalue weighted by molar-refractivity contribution is 6.30. The SMILES string of the molecule is Nc1c(-c2ccc(Cl)cc2OC2CCOCC2)c(=O)c1=O. The summed E-state index contributed by atoms with van der Waals surface area (Å²) in [6.07, 6.45) is 1.55. The van der Waals surface area contributed by atoms with Gasteiger partial charge in [-0.05, 0) is 18.2 Å². The summed E-state index contributed by atoms with van der Waals surface area (Å²) in [5, 5.41) is 0.498. The number of hydrogen-bond acceptors (Lipinski definition) is 5. The van der Waals surface area contributed by atoms with Crippen LogP contribution in [0.15, 0.2) is 27.8 Å². The van der Waals surface area contributed by atoms with Crippen LogP contribution >= 0.6 is 11.6 Å². The van der Waals surface area contributed by atoms with E-state index in [-0.39, 0.29) is 17.4 Å². The van der Waals surface area contributed by atoms with Crippen LogP contribution in [0, 0.1) is 0 Å². The molecule has 0 aromatic heterocycles. The van der Waals surface area contributed by atoms with Crippen LogP contribution < -0.4 is 21.3 Å². The normalized spacial score (nSPS) is 16.2. The van der Waals surface area contributed by atoms with Crippen LogP contribution in [0.4, 0.5) is 5.69 Å². The number of ether oxygens (including phenoxy) is 2. The first-order chi connectivity index (χ1) is 10.1. The molecule has 2 aromatic carbocycles. The fraction of sp³-hybridized carbons (Fsp3) is 0.333. The molecule has 0 spiro atoms. The molecule has 0 aliphatic carbocycles. The summed E-state index contributed by atoms with van der Waals surface area (Å²) in [6.45, 7) is 1.28. The average molecular weight is 308 g/mol. The van der Waals surface area contributed by atoms with Gasteiger partial charge in [-0.3, -0.25) is 9.59 Å². The Kier molecular flexibility index (Phi) is 3.69. The van der Waals surface area contributed by atoms with Gasteiger partial charge in [0.1, 0.15) is 11.9 Å². The molecule has 1 saturated heterocycles. The third kappa shape index (κ3) is 2.54. The van der Waals surface area contributed by atoms with E-state index in [1.807, 2.05) is 0 Å². The molecular weight excluding hydrogens is 294 g/mol. The third-order valence-corrected chi connectivity index (χ3v) is 3.86. The molecule has 0 amide bonds. The van der Waals surface area contributed by atoms with Gasteiger partial charge in [-0.15, -0.1) is 0 Å². The molecule has 0 radical (unpaired) electrons. The van der Waals surface area contributed by atoms with Crippen molar-refractivity contribution in [3.63, 3.8) is 0 Å². The van der Waals surface area contributed by atoms with Crippen molar-refractivity contribution >= 4 is 17.3 Å². The van der Waals surface area contributed by atoms with Crippen LogP contribution in [0.3, 0.4) is 0 Å². The maximum Gasteiger partial charge on any atom is 0.249 e. The van der Waals surface area contributed by atoms with Gasteiger partial charge in [-0.1, -0.05) is 11.6 Å². The fourth-order valence-corrected chi connectivity index (χ4v) is 2.61. The average Bonchev–Trinajstić information content (AvgIpc) is 2.50. The molecular formula is C15H14ClNO4. The van der Waals surface area contributed by atoms with Gasteiger partial charge < -0.3 is 15.2 Å². The van der Waals surface area contributed by atoms with Crippen molar-refractivity contribution in [3.05, 3.63) is 43.7 Å². The predicted molar refractivity (Wildman–Crippen MR) is 80.7 cm³/mol. The van der Waals surface area contributed by atoms with E-state index in [0.717, 1.165) is 12.8 Å². The topological polar surface area (TPSA) is 78.6 Å². The van der Waals surface area contributed by atoms with E-state index in [2.05, 4.69) is 0 Å². The zero-order valence-electron chi connectivity index (χ0n) is 11.2. The number of hydrogen-bond donors (Lipinski definition) is 1. The van der Waals surface area contributed by atoms with E-state index in [9.17, 15) is 9.59 Å². The Morgan fingerprint density at radius 1 is 1.19 bits per heavy atom. The summed E-state index contributed by atoms with van der Waals surface area (Å²) in [5.41, 5.74) is 5.14. The third-order valence-electron chi connectivity index (χ3n) is 3.62. The van der Waals surface area contributed by atoms with Gasteiger partial charge in [0.15, 0.2) is 0 Å². The summed E-state index contributed by atoms with van der Waals surface area (Å²) >= 11 is 6.00. The van der Waals surface area contributed by atoms with E-state index in [1.54, 1.807) is 18.2 Å². The Morgan fingerprint density at radius 2 is 1.90 bits per heavy atom. The van der Waals surface area contributed by atoms with Crippen molar-refractivity contribution in [2.24, 2.45) is 0 Å². The highest BCUT2D eigenvalue weighted by atomic mass is 35.5. The predicted octanol–water partition coefficient (Wildman–Crippen LogP) is 1.74. The van der Waals surface area contributed by atoms with Crippen molar-refractivity contribution in [2.45, 2.75) is 18.9 Å². The molecule has 6 heteroatoms. The lowest BCUT2D eigenvalue weighted by atomic mass is 9.98. The molecule has 0 atom stereocenters. The van der Waals surface area contributed by atoms with Crippen molar-refractivity contribution in [2.75, 3.05) is 18.9 Å². The Morgan fingerprint density at radius 3 is 2.57 bits per heavy atom. The second-order valence-corrected chi connectivity index (χ2v) is 5.45. The van der Waals surface area contributed by atoms with Crippen LogP contribution in [0.2, 0.25) is 5.02 Å². The first-order valence-electron chi connectivity index (χ1n) is 6.71. The van der Waals surface area contributed by atoms with Gasteiger partial charge in [0.2, 0.25) is 10.9 Å². The smallest absolute Gasteiger partial charge is 0.249 e. The minimum Gasteiger partial charge on any atom is -0.490 e. The molecule has 2 N–H and O–H groups in total. The summed E-state index contributed by atoms with van der Waals surface area (Å²) in [5.74, 6) is 0.480. The van der Waals surface area contributed by atoms with E-state index < -0.39 is 10.9 Å². The van der Waals surface area contributed by atoms with Gasteiger partial charge >= 0.3 is 0 Å². The lowest BCUT2D eigenvalue weighted by molar-refractivity contribution is 0.0258. The summed E-state index contributed by atoms with van der Waals surface area (Å²) < 4.78 is 11.2. The van der Waals surface area contributed by atoms with Crippen LogP contribution in [0.5, 0.6) is 5.75 Å². The van der Waals surface area contributed by atoms with E-state index >= 15 is 0 Å². The Labute approximate surface area is 125 Å². The van der Waals surface area contributed by atoms with Gasteiger partial charge in [0.25, 0.3) is 0 Å². The van der Waals surface area contributed by atoms with Gasteiger partial charge in [0.05, 0.1) is 24.5 Å². The molecule has 1 heterocycles. The monoisotopic (exact) mass is 307 g/mol. The Hall–Kier alpha value is -1.85. The van der Waals surface area contributed by atoms with E-state index in [0.29, 0.717) is 29.5 Å². The summed E-state index contributed by atoms with van der Waals surface area (Å²) in [7, 11) is 0. The van der Waals surface area contributed by atoms with Gasteiger partial charge in [-0.2, -0.15) is 0 Å². The van der Waals surface area contributed by atoms with Gasteiger partial charge in [-0.25, -0.2) is 0 Å². The number of halogens is 1. The zero-order valence-corrected chi connectivity index (χ0v) is 12.0. The second-order valence-electron chi connectivity index (χ2n) is 5.02. The Balaban J connectivity index is 1.97. The number of rotatable bonds is 3. The molecule has 0 bridgehead atoms. The molecule has 1 fully saturated rings. The van der Waals surface area contributed by atoms with Crippen LogP contribution in [0.1, 0.15) is 12.8 Å². The summed E-state index contributed by atoms with van der Waals surface area (Å²) in [6, 6.07) is 4.94. The highest BCUT2D eigenvalue weighted by Gasteiger charge is 2.24. The zero-order chi connectivity index (χ0) is 15.0. The standard InChI is InChI=1S/C15H14ClNO4/c16-8-1-2-10(12-13(17)15(19)14(12)18)11(7-8)21-9-3-5-20-6-4-9/h1-2,7,9H,3-6,17H2. The van der Waals surface area contributed by atoms with Crippen molar-refractivity contribution in [3.8, 4) is 16.9 Å². The van der Waals surface area contributed by atoms with Crippen molar-refractivity contribution in [1.82, 2.24) is 0 Å². The molecule has 21 heavy (non-hydrogen) atoms. The van der Waals surface area contributed by atoms with E-state index in [1.165, 1.54) is 0 Å². The Bertz CT molecular complexity index is 743. The number of anilines is 1. The molecule has 110 valence electrons. The fourth-order valence-electron chi connectivity index (χ4n) is 2.45. The minimum absolute atomic E-state index is 0.00340. The van der Waals surface area contributed by atoms with Crippen LogP contribution in [-0.2, 0) is 4.74 Å². The number of benzene rings is 1. The first-order valence-corrected chi connectivity index (χ1v) is 7.09. The number of nitrogen functional groups attached to an aromatic ring is 1. The largest absolute Gasteiger partial charge is 0.490 e. The van der Waals surface area contributed by atoms with Gasteiger partial charge in [0, 0.05) is 23.4 Å². The molecule has 5 nitrogen and oxygen atoms in total. The molecule has 1 aliphatic heterocycles.